The minimum atomic E-state index is -0.660. The van der Waals surface area contributed by atoms with Crippen molar-refractivity contribution in [1.29, 1.82) is 0 Å². The van der Waals surface area contributed by atoms with Crippen LogP contribution in [0.4, 0.5) is 5.82 Å². The van der Waals surface area contributed by atoms with Crippen molar-refractivity contribution in [2.75, 3.05) is 38.2 Å². The fraction of sp³-hybridized carbons (Fsp3) is 0.368. The van der Waals surface area contributed by atoms with Crippen LogP contribution in [0.1, 0.15) is 17.4 Å². The number of hydrogen-bond acceptors (Lipinski definition) is 8. The number of nitrogens with two attached hydrogens (primary N) is 1. The number of nitrogens with zero attached hydrogens (tertiary/aromatic N) is 6. The molecule has 1 atom stereocenters. The Morgan fingerprint density at radius 3 is 2.62 bits per heavy atom. The summed E-state index contributed by atoms with van der Waals surface area (Å²) in [6.07, 6.45) is 0. The summed E-state index contributed by atoms with van der Waals surface area (Å²) in [5.74, 6) is 7.86. The van der Waals surface area contributed by atoms with Gasteiger partial charge in [0.1, 0.15) is 17.6 Å². The average molecular weight is 396 g/mol. The van der Waals surface area contributed by atoms with Gasteiger partial charge in [-0.3, -0.25) is 10.6 Å². The van der Waals surface area contributed by atoms with Gasteiger partial charge in [-0.25, -0.2) is 5.43 Å². The maximum atomic E-state index is 13.1. The lowest BCUT2D eigenvalue weighted by molar-refractivity contribution is -0.134. The van der Waals surface area contributed by atoms with Crippen LogP contribution in [0.5, 0.6) is 5.75 Å². The highest BCUT2D eigenvalue weighted by Gasteiger charge is 2.30. The van der Waals surface area contributed by atoms with E-state index >= 15 is 0 Å². The van der Waals surface area contributed by atoms with Crippen LogP contribution < -0.4 is 20.9 Å². The van der Waals surface area contributed by atoms with Crippen LogP contribution in [-0.4, -0.2) is 63.9 Å². The first-order chi connectivity index (χ1) is 14.1. The first-order valence-electron chi connectivity index (χ1n) is 9.44. The van der Waals surface area contributed by atoms with Crippen molar-refractivity contribution in [3.05, 3.63) is 47.8 Å². The molecular formula is C19H24N8O2. The molecule has 0 bridgehead atoms. The van der Waals surface area contributed by atoms with Crippen molar-refractivity contribution in [3.8, 4) is 5.75 Å². The van der Waals surface area contributed by atoms with Gasteiger partial charge in [0.15, 0.2) is 11.5 Å². The van der Waals surface area contributed by atoms with Crippen LogP contribution in [0, 0.1) is 6.92 Å². The molecule has 2 aromatic heterocycles. The lowest BCUT2D eigenvalue weighted by Gasteiger charge is -2.37. The Morgan fingerprint density at radius 2 is 1.90 bits per heavy atom. The van der Waals surface area contributed by atoms with Gasteiger partial charge in [0.05, 0.1) is 7.11 Å². The normalized spacial score (nSPS) is 15.6. The van der Waals surface area contributed by atoms with Gasteiger partial charge < -0.3 is 14.5 Å². The SMILES string of the molecule is COc1ccccc1C(NN)C(=O)N1CCN(c2ccc3nnc(C)n3n2)CC1. The van der Waals surface area contributed by atoms with Gasteiger partial charge in [0.25, 0.3) is 0 Å². The average Bonchev–Trinajstić information content (AvgIpc) is 3.15. The maximum Gasteiger partial charge on any atom is 0.245 e. The van der Waals surface area contributed by atoms with E-state index in [1.807, 2.05) is 48.2 Å². The Balaban J connectivity index is 1.46. The molecule has 3 heterocycles. The number of hydrazine groups is 1. The molecule has 1 unspecified atom stereocenters. The van der Waals surface area contributed by atoms with E-state index in [1.165, 1.54) is 0 Å². The lowest BCUT2D eigenvalue weighted by Crippen LogP contribution is -2.52. The second-order valence-corrected chi connectivity index (χ2v) is 6.86. The number of nitrogens with one attached hydrogen (secondary N) is 1. The zero-order valence-electron chi connectivity index (χ0n) is 16.4. The number of methoxy groups -OCH3 is 1. The molecule has 152 valence electrons. The zero-order valence-corrected chi connectivity index (χ0v) is 16.4. The van der Waals surface area contributed by atoms with Gasteiger partial charge in [-0.2, -0.15) is 4.52 Å². The van der Waals surface area contributed by atoms with E-state index in [-0.39, 0.29) is 5.91 Å². The maximum absolute atomic E-state index is 13.1. The fourth-order valence-corrected chi connectivity index (χ4v) is 3.59. The number of aryl methyl sites for hydroxylation is 1. The molecule has 1 aromatic carbocycles. The summed E-state index contributed by atoms with van der Waals surface area (Å²) < 4.78 is 7.11. The Hall–Kier alpha value is -3.24. The van der Waals surface area contributed by atoms with Crippen molar-refractivity contribution < 1.29 is 9.53 Å². The monoisotopic (exact) mass is 396 g/mol. The molecule has 1 saturated heterocycles. The number of para-hydroxylation sites is 1. The Bertz CT molecular complexity index is 1010. The zero-order chi connectivity index (χ0) is 20.4. The predicted octanol–water partition coefficient (Wildman–Crippen LogP) is 0.295. The van der Waals surface area contributed by atoms with E-state index in [1.54, 1.807) is 11.6 Å². The highest BCUT2D eigenvalue weighted by Crippen LogP contribution is 2.26. The molecule has 3 N–H and O–H groups in total. The van der Waals surface area contributed by atoms with Gasteiger partial charge in [-0.1, -0.05) is 18.2 Å². The first kappa shape index (κ1) is 19.1. The van der Waals surface area contributed by atoms with Crippen LogP contribution in [-0.2, 0) is 4.79 Å². The van der Waals surface area contributed by atoms with Crippen molar-refractivity contribution in [1.82, 2.24) is 30.1 Å². The number of carbonyl (C=O) groups excluding carboxylic acids is 1. The molecule has 3 aromatic rings. The molecule has 0 saturated carbocycles. The van der Waals surface area contributed by atoms with Crippen LogP contribution in [0.2, 0.25) is 0 Å². The minimum absolute atomic E-state index is 0.0743. The highest BCUT2D eigenvalue weighted by molar-refractivity contribution is 5.84. The number of hydrogen-bond donors (Lipinski definition) is 2. The fourth-order valence-electron chi connectivity index (χ4n) is 3.59. The second kappa shape index (κ2) is 8.02. The van der Waals surface area contributed by atoms with E-state index < -0.39 is 6.04 Å². The Labute approximate surface area is 168 Å². The number of rotatable bonds is 5. The number of piperazine rings is 1. The largest absolute Gasteiger partial charge is 0.496 e. The van der Waals surface area contributed by atoms with Crippen LogP contribution in [0.3, 0.4) is 0 Å². The van der Waals surface area contributed by atoms with Crippen LogP contribution in [0.25, 0.3) is 5.65 Å². The van der Waals surface area contributed by atoms with E-state index in [2.05, 4.69) is 25.6 Å². The van der Waals surface area contributed by atoms with E-state index in [0.29, 0.717) is 37.6 Å². The van der Waals surface area contributed by atoms with Gasteiger partial charge in [-0.05, 0) is 25.1 Å². The molecule has 0 aliphatic carbocycles. The molecule has 1 fully saturated rings. The molecular weight excluding hydrogens is 372 g/mol. The third-order valence-electron chi connectivity index (χ3n) is 5.18. The number of benzene rings is 1. The Morgan fingerprint density at radius 1 is 1.14 bits per heavy atom. The number of carbonyl (C=O) groups is 1. The number of aromatic nitrogens is 4. The second-order valence-electron chi connectivity index (χ2n) is 6.86. The molecule has 4 rings (SSSR count). The van der Waals surface area contributed by atoms with Gasteiger partial charge in [0.2, 0.25) is 5.91 Å². The molecule has 10 nitrogen and oxygen atoms in total. The van der Waals surface area contributed by atoms with E-state index in [9.17, 15) is 4.79 Å². The molecule has 0 radical (unpaired) electrons. The summed E-state index contributed by atoms with van der Waals surface area (Å²) in [5, 5.41) is 12.7. The summed E-state index contributed by atoms with van der Waals surface area (Å²) in [4.78, 5) is 17.1. The quantitative estimate of drug-likeness (QED) is 0.467. The van der Waals surface area contributed by atoms with Crippen molar-refractivity contribution in [2.24, 2.45) is 5.84 Å². The third-order valence-corrected chi connectivity index (χ3v) is 5.18. The van der Waals surface area contributed by atoms with E-state index in [4.69, 9.17) is 10.6 Å². The molecule has 29 heavy (non-hydrogen) atoms. The molecule has 1 aliphatic rings. The third kappa shape index (κ3) is 3.59. The number of fused-ring (bicyclic) bond motifs is 1. The van der Waals surface area contributed by atoms with Gasteiger partial charge in [-0.15, -0.1) is 15.3 Å². The predicted molar refractivity (Wildman–Crippen MR) is 107 cm³/mol. The van der Waals surface area contributed by atoms with Crippen molar-refractivity contribution >= 4 is 17.4 Å². The molecule has 1 aliphatic heterocycles. The molecule has 1 amide bonds. The van der Waals surface area contributed by atoms with Crippen LogP contribution in [0.15, 0.2) is 36.4 Å². The summed E-state index contributed by atoms with van der Waals surface area (Å²) in [5.41, 5.74) is 4.08. The van der Waals surface area contributed by atoms with E-state index in [0.717, 1.165) is 17.2 Å². The number of ether oxygens (including phenoxy) is 1. The Kier molecular flexibility index (Phi) is 5.28. The topological polar surface area (TPSA) is 114 Å². The highest BCUT2D eigenvalue weighted by atomic mass is 16.5. The van der Waals surface area contributed by atoms with Crippen LogP contribution >= 0.6 is 0 Å². The smallest absolute Gasteiger partial charge is 0.245 e. The lowest BCUT2D eigenvalue weighted by atomic mass is 10.0. The summed E-state index contributed by atoms with van der Waals surface area (Å²) in [6, 6.07) is 10.6. The van der Waals surface area contributed by atoms with Gasteiger partial charge >= 0.3 is 0 Å². The molecule has 0 spiro atoms. The molecule has 10 heteroatoms. The summed E-state index contributed by atoms with van der Waals surface area (Å²) in [7, 11) is 1.58. The number of anilines is 1. The van der Waals surface area contributed by atoms with Gasteiger partial charge in [0, 0.05) is 31.7 Å². The summed E-state index contributed by atoms with van der Waals surface area (Å²) in [6.45, 7) is 4.37. The first-order valence-corrected chi connectivity index (χ1v) is 9.44. The standard InChI is InChI=1S/C19H24N8O2/c1-13-22-23-16-7-8-17(24-27(13)16)25-9-11-26(12-10-25)19(28)18(21-20)14-5-3-4-6-15(14)29-2/h3-8,18,21H,9-12,20H2,1-2H3. The number of amides is 1. The minimum Gasteiger partial charge on any atom is -0.496 e. The van der Waals surface area contributed by atoms with Crippen molar-refractivity contribution in [3.63, 3.8) is 0 Å². The summed E-state index contributed by atoms with van der Waals surface area (Å²) >= 11 is 0. The van der Waals surface area contributed by atoms with Crippen molar-refractivity contribution in [2.45, 2.75) is 13.0 Å².